The molecule has 2 heterocycles. The minimum absolute atomic E-state index is 0.0715. The molecule has 2 aromatic heterocycles. The fraction of sp³-hybridized carbons (Fsp3) is 0.150. The van der Waals surface area contributed by atoms with Crippen LogP contribution in [0, 0.1) is 0 Å². The molecule has 5 heteroatoms. The van der Waals surface area contributed by atoms with Crippen molar-refractivity contribution in [3.63, 3.8) is 0 Å². The lowest BCUT2D eigenvalue weighted by Crippen LogP contribution is -2.23. The molecule has 0 aliphatic heterocycles. The minimum Gasteiger partial charge on any atom is -0.328 e. The third-order valence-corrected chi connectivity index (χ3v) is 4.00. The van der Waals surface area contributed by atoms with Gasteiger partial charge in [0.1, 0.15) is 5.56 Å². The van der Waals surface area contributed by atoms with Crippen molar-refractivity contribution >= 4 is 11.6 Å². The van der Waals surface area contributed by atoms with Gasteiger partial charge >= 0.3 is 0 Å². The highest BCUT2D eigenvalue weighted by Crippen LogP contribution is 2.19. The van der Waals surface area contributed by atoms with Crippen molar-refractivity contribution in [1.82, 2.24) is 9.97 Å². The molecule has 0 bridgehead atoms. The Morgan fingerprint density at radius 3 is 2.36 bits per heavy atom. The summed E-state index contributed by atoms with van der Waals surface area (Å²) in [5.74, 6) is -0.0147. The molecule has 1 aromatic carbocycles. The third kappa shape index (κ3) is 3.83. The summed E-state index contributed by atoms with van der Waals surface area (Å²) in [6, 6.07) is 12.9. The lowest BCUT2D eigenvalue weighted by molar-refractivity contribution is 0.102. The van der Waals surface area contributed by atoms with Gasteiger partial charge in [0.15, 0.2) is 0 Å². The first-order chi connectivity index (χ1) is 12.0. The smallest absolute Gasteiger partial charge is 0.261 e. The van der Waals surface area contributed by atoms with Gasteiger partial charge in [0.2, 0.25) is 0 Å². The van der Waals surface area contributed by atoms with Gasteiger partial charge in [0.05, 0.1) is 0 Å². The molecule has 3 rings (SSSR count). The van der Waals surface area contributed by atoms with Crippen LogP contribution in [0.25, 0.3) is 11.1 Å². The fourth-order valence-electron chi connectivity index (χ4n) is 2.51. The Morgan fingerprint density at radius 1 is 1.04 bits per heavy atom. The quantitative estimate of drug-likeness (QED) is 0.762. The number of H-pyrrole nitrogens is 1. The molecule has 0 aliphatic carbocycles. The molecule has 2 N–H and O–H groups in total. The van der Waals surface area contributed by atoms with Crippen LogP contribution < -0.4 is 10.9 Å². The van der Waals surface area contributed by atoms with E-state index >= 15 is 0 Å². The molecule has 0 spiro atoms. The van der Waals surface area contributed by atoms with Gasteiger partial charge < -0.3 is 10.3 Å². The van der Waals surface area contributed by atoms with Crippen LogP contribution in [0.2, 0.25) is 0 Å². The zero-order valence-corrected chi connectivity index (χ0v) is 14.1. The highest BCUT2D eigenvalue weighted by Gasteiger charge is 2.13. The van der Waals surface area contributed by atoms with Gasteiger partial charge in [0, 0.05) is 24.3 Å². The molecule has 0 saturated heterocycles. The molecule has 0 fully saturated rings. The van der Waals surface area contributed by atoms with E-state index in [1.807, 2.05) is 36.4 Å². The first kappa shape index (κ1) is 16.6. The lowest BCUT2D eigenvalue weighted by atomic mass is 10.0. The van der Waals surface area contributed by atoms with Crippen LogP contribution in [0.3, 0.4) is 0 Å². The summed E-state index contributed by atoms with van der Waals surface area (Å²) < 4.78 is 0. The number of aromatic amines is 1. The normalized spacial score (nSPS) is 10.7. The topological polar surface area (TPSA) is 74.8 Å². The largest absolute Gasteiger partial charge is 0.328 e. The van der Waals surface area contributed by atoms with Crippen molar-refractivity contribution in [1.29, 1.82) is 0 Å². The van der Waals surface area contributed by atoms with Crippen LogP contribution in [0.1, 0.15) is 35.7 Å². The molecule has 0 atom stereocenters. The minimum atomic E-state index is -0.436. The Hall–Kier alpha value is -3.21. The first-order valence-electron chi connectivity index (χ1n) is 8.09. The highest BCUT2D eigenvalue weighted by atomic mass is 16.2. The van der Waals surface area contributed by atoms with Crippen molar-refractivity contribution in [2.45, 2.75) is 19.8 Å². The molecule has 0 saturated carbocycles. The number of carbonyl (C=O) groups excluding carboxylic acids is 1. The summed E-state index contributed by atoms with van der Waals surface area (Å²) in [7, 11) is 0. The van der Waals surface area contributed by atoms with Crippen molar-refractivity contribution < 1.29 is 4.79 Å². The Morgan fingerprint density at radius 2 is 1.72 bits per heavy atom. The van der Waals surface area contributed by atoms with Crippen LogP contribution in [0.5, 0.6) is 0 Å². The standard InChI is InChI=1S/C20H19N3O2/c1-13(2)14-3-5-17(6-4-14)23-20(25)18-11-16(12-22-19(18)24)15-7-9-21-10-8-15/h3-13H,1-2H3,(H,22,24)(H,23,25). The van der Waals surface area contributed by atoms with E-state index in [1.165, 1.54) is 5.56 Å². The van der Waals surface area contributed by atoms with E-state index in [9.17, 15) is 9.59 Å². The lowest BCUT2D eigenvalue weighted by Gasteiger charge is -2.09. The van der Waals surface area contributed by atoms with Crippen molar-refractivity contribution in [3.05, 3.63) is 82.5 Å². The summed E-state index contributed by atoms with van der Waals surface area (Å²) in [5, 5.41) is 2.77. The van der Waals surface area contributed by atoms with E-state index in [-0.39, 0.29) is 5.56 Å². The van der Waals surface area contributed by atoms with E-state index in [0.29, 0.717) is 11.6 Å². The average Bonchev–Trinajstić information content (AvgIpc) is 2.63. The number of pyridine rings is 2. The molecule has 126 valence electrons. The summed E-state index contributed by atoms with van der Waals surface area (Å²) in [5.41, 5.74) is 3.12. The molecule has 1 amide bonds. The van der Waals surface area contributed by atoms with Crippen LogP contribution in [-0.2, 0) is 0 Å². The maximum atomic E-state index is 12.5. The van der Waals surface area contributed by atoms with Gasteiger partial charge in [-0.15, -0.1) is 0 Å². The second-order valence-electron chi connectivity index (χ2n) is 6.10. The maximum absolute atomic E-state index is 12.5. The van der Waals surface area contributed by atoms with Gasteiger partial charge in [-0.2, -0.15) is 0 Å². The first-order valence-corrected chi connectivity index (χ1v) is 8.09. The molecular weight excluding hydrogens is 314 g/mol. The van der Waals surface area contributed by atoms with Gasteiger partial charge in [-0.1, -0.05) is 26.0 Å². The predicted molar refractivity (Wildman–Crippen MR) is 98.8 cm³/mol. The van der Waals surface area contributed by atoms with E-state index in [2.05, 4.69) is 29.1 Å². The molecule has 25 heavy (non-hydrogen) atoms. The summed E-state index contributed by atoms with van der Waals surface area (Å²) in [6.07, 6.45) is 4.92. The third-order valence-electron chi connectivity index (χ3n) is 4.00. The summed E-state index contributed by atoms with van der Waals surface area (Å²) >= 11 is 0. The van der Waals surface area contributed by atoms with Crippen LogP contribution in [0.15, 0.2) is 65.8 Å². The predicted octanol–water partition coefficient (Wildman–Crippen LogP) is 3.81. The number of hydrogen-bond acceptors (Lipinski definition) is 3. The SMILES string of the molecule is CC(C)c1ccc(NC(=O)c2cc(-c3ccncc3)c[nH]c2=O)cc1. The summed E-state index contributed by atoms with van der Waals surface area (Å²) in [4.78, 5) is 31.1. The van der Waals surface area contributed by atoms with Crippen LogP contribution in [-0.4, -0.2) is 15.9 Å². The number of carbonyl (C=O) groups is 1. The number of anilines is 1. The van der Waals surface area contributed by atoms with Gasteiger partial charge in [-0.05, 0) is 52.9 Å². The van der Waals surface area contributed by atoms with E-state index < -0.39 is 11.5 Å². The van der Waals surface area contributed by atoms with Gasteiger partial charge in [-0.25, -0.2) is 0 Å². The summed E-state index contributed by atoms with van der Waals surface area (Å²) in [6.45, 7) is 4.22. The zero-order chi connectivity index (χ0) is 17.8. The Labute approximate surface area is 145 Å². The number of nitrogens with one attached hydrogen (secondary N) is 2. The van der Waals surface area contributed by atoms with Crippen LogP contribution >= 0.6 is 0 Å². The highest BCUT2D eigenvalue weighted by molar-refractivity contribution is 6.04. The molecule has 0 radical (unpaired) electrons. The maximum Gasteiger partial charge on any atom is 0.261 e. The monoisotopic (exact) mass is 333 g/mol. The van der Waals surface area contributed by atoms with E-state index in [4.69, 9.17) is 0 Å². The van der Waals surface area contributed by atoms with Crippen molar-refractivity contribution in [2.24, 2.45) is 0 Å². The number of hydrogen-bond donors (Lipinski definition) is 2. The number of aromatic nitrogens is 2. The number of benzene rings is 1. The van der Waals surface area contributed by atoms with Crippen molar-refractivity contribution in [2.75, 3.05) is 5.32 Å². The second kappa shape index (κ2) is 7.13. The Kier molecular flexibility index (Phi) is 4.75. The number of amides is 1. The molecule has 3 aromatic rings. The average molecular weight is 333 g/mol. The molecule has 0 aliphatic rings. The van der Waals surface area contributed by atoms with E-state index in [1.54, 1.807) is 24.7 Å². The number of nitrogens with zero attached hydrogens (tertiary/aromatic N) is 1. The fourth-order valence-corrected chi connectivity index (χ4v) is 2.51. The number of rotatable bonds is 4. The molecule has 5 nitrogen and oxygen atoms in total. The van der Waals surface area contributed by atoms with Crippen LogP contribution in [0.4, 0.5) is 5.69 Å². The second-order valence-corrected chi connectivity index (χ2v) is 6.10. The Bertz CT molecular complexity index is 929. The van der Waals surface area contributed by atoms with E-state index in [0.717, 1.165) is 11.1 Å². The van der Waals surface area contributed by atoms with Gasteiger partial charge in [0.25, 0.3) is 11.5 Å². The zero-order valence-electron chi connectivity index (χ0n) is 14.1. The Balaban J connectivity index is 1.85. The molecule has 0 unspecified atom stereocenters. The van der Waals surface area contributed by atoms with Crippen molar-refractivity contribution in [3.8, 4) is 11.1 Å². The van der Waals surface area contributed by atoms with Gasteiger partial charge in [-0.3, -0.25) is 14.6 Å². The molecular formula is C20H19N3O2.